The summed E-state index contributed by atoms with van der Waals surface area (Å²) in [6, 6.07) is 0. The van der Waals surface area contributed by atoms with Gasteiger partial charge in [0.05, 0.1) is 6.61 Å². The highest BCUT2D eigenvalue weighted by Gasteiger charge is 2.48. The van der Waals surface area contributed by atoms with Gasteiger partial charge in [-0.3, -0.25) is 18.9 Å². The maximum absolute atomic E-state index is 12.1. The van der Waals surface area contributed by atoms with Crippen molar-refractivity contribution in [3.05, 3.63) is 32.6 Å². The quantitative estimate of drug-likeness (QED) is 0.331. The number of aliphatic hydroxyl groups excluding tert-OH is 1. The van der Waals surface area contributed by atoms with Crippen LogP contribution < -0.4 is 11.2 Å². The van der Waals surface area contributed by atoms with Crippen LogP contribution in [-0.4, -0.2) is 60.9 Å². The number of aryl methyl sites for hydroxylation is 1. The first-order chi connectivity index (χ1) is 11.8. The first-order valence-corrected chi connectivity index (χ1v) is 11.8. The summed E-state index contributed by atoms with van der Waals surface area (Å²) >= 11 is 4.80. The van der Waals surface area contributed by atoms with Crippen molar-refractivity contribution in [1.82, 2.24) is 9.55 Å². The number of phosphoric ester groups is 1. The molecule has 1 aromatic rings. The van der Waals surface area contributed by atoms with Crippen molar-refractivity contribution in [3.8, 4) is 0 Å². The monoisotopic (exact) mass is 432 g/mol. The molecule has 0 bridgehead atoms. The first-order valence-electron chi connectivity index (χ1n) is 7.13. The zero-order chi connectivity index (χ0) is 19.9. The normalized spacial score (nSPS) is 28.8. The number of nitrogens with zero attached hydrogens (tertiary/aromatic N) is 1. The Bertz CT molecular complexity index is 872. The van der Waals surface area contributed by atoms with Gasteiger partial charge in [-0.05, 0) is 18.7 Å². The lowest BCUT2D eigenvalue weighted by atomic mass is 10.1. The van der Waals surface area contributed by atoms with E-state index in [4.69, 9.17) is 30.9 Å². The largest absolute Gasteiger partial charge is 0.469 e. The maximum atomic E-state index is 12.1. The van der Waals surface area contributed by atoms with Crippen LogP contribution in [0.25, 0.3) is 0 Å². The topological polar surface area (TPSA) is 181 Å². The van der Waals surface area contributed by atoms with Crippen molar-refractivity contribution in [2.45, 2.75) is 31.5 Å². The molecule has 5 atom stereocenters. The summed E-state index contributed by atoms with van der Waals surface area (Å²) in [6.45, 7) is -1.38. The van der Waals surface area contributed by atoms with Crippen LogP contribution in [-0.2, 0) is 30.2 Å². The van der Waals surface area contributed by atoms with Crippen molar-refractivity contribution >= 4 is 26.1 Å². The molecule has 1 saturated heterocycles. The first kappa shape index (κ1) is 21.6. The molecule has 0 aliphatic carbocycles. The SMILES string of the molecule is Cc1cn([C@@H]2O[C@H](COP(=O)(O)O)[C@@H](O)[C@H]2OP(C)(O)=S)c(=O)[nH]c1=O. The van der Waals surface area contributed by atoms with Gasteiger partial charge < -0.3 is 29.0 Å². The van der Waals surface area contributed by atoms with Crippen LogP contribution in [0.2, 0.25) is 0 Å². The van der Waals surface area contributed by atoms with Crippen molar-refractivity contribution in [2.75, 3.05) is 13.3 Å². The molecule has 0 radical (unpaired) electrons. The molecule has 0 saturated carbocycles. The molecule has 1 aliphatic rings. The number of rotatable bonds is 6. The highest BCUT2D eigenvalue weighted by atomic mass is 32.5. The second kappa shape index (κ2) is 7.72. The van der Waals surface area contributed by atoms with E-state index in [9.17, 15) is 24.2 Å². The standard InChI is InChI=1S/C11H18N2O10P2S/c1-5-3-13(11(16)12-9(5)15)10-8(23-24(2,17)26)7(14)6(22-10)4-21-25(18,19)20/h3,6-8,10,14H,4H2,1-2H3,(H,17,26)(H,12,15,16)(H2,18,19,20)/t6-,7-,8-,10-,24?/m1/s1. The van der Waals surface area contributed by atoms with E-state index in [0.717, 1.165) is 10.8 Å². The summed E-state index contributed by atoms with van der Waals surface area (Å²) in [4.78, 5) is 53.0. The van der Waals surface area contributed by atoms with Crippen molar-refractivity contribution in [3.63, 3.8) is 0 Å². The summed E-state index contributed by atoms with van der Waals surface area (Å²) in [5, 5.41) is 10.3. The molecule has 1 aromatic heterocycles. The fourth-order valence-corrected chi connectivity index (χ4v) is 3.68. The second-order valence-corrected chi connectivity index (χ2v) is 10.8. The Balaban J connectivity index is 2.39. The van der Waals surface area contributed by atoms with Gasteiger partial charge in [0.1, 0.15) is 18.3 Å². The van der Waals surface area contributed by atoms with Crippen LogP contribution in [0.3, 0.4) is 0 Å². The lowest BCUT2D eigenvalue weighted by Gasteiger charge is -2.24. The van der Waals surface area contributed by atoms with E-state index in [2.05, 4.69) is 9.51 Å². The van der Waals surface area contributed by atoms with E-state index in [1.54, 1.807) is 0 Å². The van der Waals surface area contributed by atoms with Crippen LogP contribution >= 0.6 is 14.3 Å². The summed E-state index contributed by atoms with van der Waals surface area (Å²) < 4.78 is 26.8. The molecular weight excluding hydrogens is 414 g/mol. The number of hydrogen-bond donors (Lipinski definition) is 5. The van der Waals surface area contributed by atoms with Crippen LogP contribution in [0.15, 0.2) is 15.8 Å². The van der Waals surface area contributed by atoms with Gasteiger partial charge in [0.25, 0.3) is 5.56 Å². The minimum absolute atomic E-state index is 0.163. The second-order valence-electron chi connectivity index (χ2n) is 5.69. The Morgan fingerprint density at radius 1 is 1.38 bits per heavy atom. The van der Waals surface area contributed by atoms with Gasteiger partial charge in [-0.1, -0.05) is 0 Å². The molecule has 1 fully saturated rings. The lowest BCUT2D eigenvalue weighted by molar-refractivity contribution is -0.0515. The average molecular weight is 432 g/mol. The number of phosphoric acid groups is 1. The van der Waals surface area contributed by atoms with E-state index < -0.39 is 56.7 Å². The van der Waals surface area contributed by atoms with Crippen molar-refractivity contribution < 1.29 is 38.1 Å². The Labute approximate surface area is 151 Å². The van der Waals surface area contributed by atoms with Gasteiger partial charge in [0, 0.05) is 18.4 Å². The van der Waals surface area contributed by atoms with Gasteiger partial charge in [-0.15, -0.1) is 0 Å². The molecule has 0 amide bonds. The van der Waals surface area contributed by atoms with Crippen LogP contribution in [0.5, 0.6) is 0 Å². The predicted octanol–water partition coefficient (Wildman–Crippen LogP) is -1.47. The van der Waals surface area contributed by atoms with Crippen LogP contribution in [0, 0.1) is 6.92 Å². The van der Waals surface area contributed by atoms with E-state index in [-0.39, 0.29) is 5.56 Å². The predicted molar refractivity (Wildman–Crippen MR) is 91.3 cm³/mol. The van der Waals surface area contributed by atoms with Crippen LogP contribution in [0.4, 0.5) is 0 Å². The molecule has 15 heteroatoms. The molecule has 2 rings (SSSR count). The molecule has 148 valence electrons. The molecule has 1 aliphatic heterocycles. The number of aromatic nitrogens is 2. The average Bonchev–Trinajstić information content (AvgIpc) is 2.75. The minimum Gasteiger partial charge on any atom is -0.387 e. The highest BCUT2D eigenvalue weighted by Crippen LogP contribution is 2.46. The fourth-order valence-electron chi connectivity index (χ4n) is 2.36. The number of aromatic amines is 1. The van der Waals surface area contributed by atoms with E-state index >= 15 is 0 Å². The zero-order valence-electron chi connectivity index (χ0n) is 13.6. The van der Waals surface area contributed by atoms with E-state index in [1.165, 1.54) is 13.6 Å². The van der Waals surface area contributed by atoms with Gasteiger partial charge in [0.15, 0.2) is 12.7 Å². The molecule has 2 heterocycles. The van der Waals surface area contributed by atoms with Gasteiger partial charge in [-0.2, -0.15) is 0 Å². The third kappa shape index (κ3) is 5.40. The summed E-state index contributed by atoms with van der Waals surface area (Å²) in [5.41, 5.74) is -1.33. The third-order valence-electron chi connectivity index (χ3n) is 3.46. The van der Waals surface area contributed by atoms with Gasteiger partial charge in [-0.25, -0.2) is 9.36 Å². The lowest BCUT2D eigenvalue weighted by Crippen LogP contribution is -2.39. The van der Waals surface area contributed by atoms with E-state index in [0.29, 0.717) is 0 Å². The summed E-state index contributed by atoms with van der Waals surface area (Å²) in [7, 11) is -4.83. The highest BCUT2D eigenvalue weighted by molar-refractivity contribution is 8.09. The third-order valence-corrected chi connectivity index (χ3v) is 4.84. The number of aliphatic hydroxyl groups is 1. The number of hydrogen-bond acceptors (Lipinski definition) is 8. The Morgan fingerprint density at radius 3 is 2.54 bits per heavy atom. The zero-order valence-corrected chi connectivity index (χ0v) is 16.2. The molecule has 5 N–H and O–H groups in total. The van der Waals surface area contributed by atoms with E-state index in [1.807, 2.05) is 0 Å². The van der Waals surface area contributed by atoms with Crippen molar-refractivity contribution in [2.24, 2.45) is 0 Å². The Morgan fingerprint density at radius 2 is 2.00 bits per heavy atom. The minimum atomic E-state index is -4.83. The maximum Gasteiger partial charge on any atom is 0.469 e. The molecular formula is C11H18N2O10P2S. The molecule has 1 unspecified atom stereocenters. The number of H-pyrrole nitrogens is 1. The molecule has 12 nitrogen and oxygen atoms in total. The summed E-state index contributed by atoms with van der Waals surface area (Å²) in [5.74, 6) is 0. The molecule has 26 heavy (non-hydrogen) atoms. The fraction of sp³-hybridized carbons (Fsp3) is 0.636. The van der Waals surface area contributed by atoms with Gasteiger partial charge >= 0.3 is 13.5 Å². The molecule has 0 aromatic carbocycles. The summed E-state index contributed by atoms with van der Waals surface area (Å²) in [6.07, 6.45) is -4.33. The Kier molecular flexibility index (Phi) is 6.41. The van der Waals surface area contributed by atoms with Crippen molar-refractivity contribution in [1.29, 1.82) is 0 Å². The number of ether oxygens (including phenoxy) is 1. The van der Waals surface area contributed by atoms with Gasteiger partial charge in [0.2, 0.25) is 0 Å². The number of nitrogens with one attached hydrogen (secondary N) is 1. The smallest absolute Gasteiger partial charge is 0.387 e. The molecule has 0 spiro atoms. The Hall–Kier alpha value is -0.720. The van der Waals surface area contributed by atoms with Crippen LogP contribution in [0.1, 0.15) is 11.8 Å².